The van der Waals surface area contributed by atoms with Crippen molar-refractivity contribution in [2.24, 2.45) is 5.92 Å². The molecule has 0 aromatic rings. The van der Waals surface area contributed by atoms with Gasteiger partial charge in [-0.1, -0.05) is 0 Å². The Bertz CT molecular complexity index is 213. The largest absolute Gasteiger partial charge is 0.466 e. The molecule has 1 saturated heterocycles. The first-order valence-corrected chi connectivity index (χ1v) is 6.77. The van der Waals surface area contributed by atoms with E-state index in [1.807, 2.05) is 6.92 Å². The van der Waals surface area contributed by atoms with Crippen LogP contribution in [0, 0.1) is 5.92 Å². The van der Waals surface area contributed by atoms with Gasteiger partial charge in [-0.25, -0.2) is 0 Å². The van der Waals surface area contributed by atoms with E-state index in [2.05, 4.69) is 4.90 Å². The lowest BCUT2D eigenvalue weighted by molar-refractivity contribution is -0.149. The number of unbranched alkanes of at least 4 members (excludes halogenated alkanes) is 2. The number of rotatable bonds is 7. The molecule has 4 nitrogen and oxygen atoms in total. The molecule has 0 atom stereocenters. The minimum absolute atomic E-state index is 0.0209. The maximum Gasteiger partial charge on any atom is 0.309 e. The third-order valence-corrected chi connectivity index (χ3v) is 3.34. The average Bonchev–Trinajstić information content (AvgIpc) is 2.36. The topological polar surface area (TPSA) is 49.8 Å². The number of hydrogen-bond acceptors (Lipinski definition) is 4. The van der Waals surface area contributed by atoms with E-state index in [1.54, 1.807) is 0 Å². The first kappa shape index (κ1) is 14.5. The molecule has 0 aliphatic carbocycles. The van der Waals surface area contributed by atoms with Crippen LogP contribution in [0.4, 0.5) is 0 Å². The van der Waals surface area contributed by atoms with Gasteiger partial charge in [0.1, 0.15) is 0 Å². The fourth-order valence-electron chi connectivity index (χ4n) is 2.28. The van der Waals surface area contributed by atoms with Gasteiger partial charge >= 0.3 is 5.97 Å². The number of piperidine rings is 1. The molecule has 1 aliphatic rings. The number of nitrogens with zero attached hydrogens (tertiary/aromatic N) is 1. The van der Waals surface area contributed by atoms with Crippen molar-refractivity contribution in [1.29, 1.82) is 0 Å². The van der Waals surface area contributed by atoms with Gasteiger partial charge in [0, 0.05) is 6.61 Å². The zero-order valence-corrected chi connectivity index (χ0v) is 10.9. The van der Waals surface area contributed by atoms with Gasteiger partial charge in [0.15, 0.2) is 0 Å². The van der Waals surface area contributed by atoms with E-state index in [9.17, 15) is 4.79 Å². The first-order chi connectivity index (χ1) is 8.27. The lowest BCUT2D eigenvalue weighted by Gasteiger charge is -2.30. The fraction of sp³-hybridized carbons (Fsp3) is 0.923. The number of likely N-dealkylation sites (tertiary alicyclic amines) is 1. The van der Waals surface area contributed by atoms with Crippen molar-refractivity contribution in [3.8, 4) is 0 Å². The number of esters is 1. The van der Waals surface area contributed by atoms with Gasteiger partial charge in [0.05, 0.1) is 12.5 Å². The van der Waals surface area contributed by atoms with Crippen LogP contribution in [0.15, 0.2) is 0 Å². The molecular formula is C13H25NO3. The van der Waals surface area contributed by atoms with E-state index in [0.29, 0.717) is 13.2 Å². The molecule has 0 aromatic heterocycles. The van der Waals surface area contributed by atoms with Crippen LogP contribution >= 0.6 is 0 Å². The van der Waals surface area contributed by atoms with Crippen molar-refractivity contribution >= 4 is 5.97 Å². The quantitative estimate of drug-likeness (QED) is 0.543. The number of carbonyl (C=O) groups is 1. The van der Waals surface area contributed by atoms with E-state index >= 15 is 0 Å². The first-order valence-electron chi connectivity index (χ1n) is 6.77. The highest BCUT2D eigenvalue weighted by molar-refractivity contribution is 5.72. The lowest BCUT2D eigenvalue weighted by Crippen LogP contribution is -2.37. The molecule has 0 saturated carbocycles. The second-order valence-corrected chi connectivity index (χ2v) is 4.65. The zero-order valence-electron chi connectivity index (χ0n) is 10.9. The van der Waals surface area contributed by atoms with E-state index < -0.39 is 0 Å². The van der Waals surface area contributed by atoms with Crippen molar-refractivity contribution in [1.82, 2.24) is 4.90 Å². The standard InChI is InChI=1S/C13H25NO3/c1-2-17-13(16)12-6-9-14(10-7-12)8-4-3-5-11-15/h12,15H,2-11H2,1H3. The van der Waals surface area contributed by atoms with E-state index in [-0.39, 0.29) is 11.9 Å². The molecule has 17 heavy (non-hydrogen) atoms. The number of carbonyl (C=O) groups excluding carboxylic acids is 1. The molecule has 0 amide bonds. The highest BCUT2D eigenvalue weighted by Crippen LogP contribution is 2.18. The van der Waals surface area contributed by atoms with Crippen molar-refractivity contribution in [2.75, 3.05) is 32.8 Å². The Balaban J connectivity index is 2.11. The molecule has 100 valence electrons. The van der Waals surface area contributed by atoms with Crippen molar-refractivity contribution in [3.05, 3.63) is 0 Å². The average molecular weight is 243 g/mol. The summed E-state index contributed by atoms with van der Waals surface area (Å²) < 4.78 is 5.04. The van der Waals surface area contributed by atoms with Crippen LogP contribution in [0.2, 0.25) is 0 Å². The zero-order chi connectivity index (χ0) is 12.5. The third kappa shape index (κ3) is 5.50. The Kier molecular flexibility index (Phi) is 7.21. The Morgan fingerprint density at radius 1 is 1.29 bits per heavy atom. The van der Waals surface area contributed by atoms with Crippen molar-refractivity contribution < 1.29 is 14.6 Å². The van der Waals surface area contributed by atoms with Gasteiger partial charge in [0.25, 0.3) is 0 Å². The fourth-order valence-corrected chi connectivity index (χ4v) is 2.28. The predicted molar refractivity (Wildman–Crippen MR) is 66.7 cm³/mol. The molecule has 0 radical (unpaired) electrons. The molecule has 1 rings (SSSR count). The predicted octanol–water partition coefficient (Wildman–Crippen LogP) is 1.42. The molecule has 1 N–H and O–H groups in total. The maximum absolute atomic E-state index is 11.5. The third-order valence-electron chi connectivity index (χ3n) is 3.34. The second kappa shape index (κ2) is 8.48. The molecule has 0 spiro atoms. The smallest absolute Gasteiger partial charge is 0.309 e. The van der Waals surface area contributed by atoms with Gasteiger partial charge in [0.2, 0.25) is 0 Å². The number of ether oxygens (including phenoxy) is 1. The monoisotopic (exact) mass is 243 g/mol. The van der Waals surface area contributed by atoms with Crippen LogP contribution in [0.1, 0.15) is 39.0 Å². The van der Waals surface area contributed by atoms with Crippen LogP contribution in [-0.4, -0.2) is 48.8 Å². The normalized spacial score (nSPS) is 18.2. The van der Waals surface area contributed by atoms with Crippen molar-refractivity contribution in [2.45, 2.75) is 39.0 Å². The van der Waals surface area contributed by atoms with Crippen LogP contribution in [-0.2, 0) is 9.53 Å². The highest BCUT2D eigenvalue weighted by Gasteiger charge is 2.25. The van der Waals surface area contributed by atoms with E-state index in [4.69, 9.17) is 9.84 Å². The summed E-state index contributed by atoms with van der Waals surface area (Å²) >= 11 is 0. The Morgan fingerprint density at radius 2 is 2.00 bits per heavy atom. The molecule has 0 unspecified atom stereocenters. The molecule has 1 fully saturated rings. The van der Waals surface area contributed by atoms with Gasteiger partial charge in [-0.15, -0.1) is 0 Å². The minimum Gasteiger partial charge on any atom is -0.466 e. The van der Waals surface area contributed by atoms with Gasteiger partial charge in [-0.2, -0.15) is 0 Å². The van der Waals surface area contributed by atoms with Crippen LogP contribution < -0.4 is 0 Å². The Morgan fingerprint density at radius 3 is 2.59 bits per heavy atom. The second-order valence-electron chi connectivity index (χ2n) is 4.65. The van der Waals surface area contributed by atoms with Crippen molar-refractivity contribution in [3.63, 3.8) is 0 Å². The number of hydrogen-bond donors (Lipinski definition) is 1. The summed E-state index contributed by atoms with van der Waals surface area (Å²) in [5.74, 6) is 0.0936. The van der Waals surface area contributed by atoms with E-state index in [0.717, 1.165) is 51.7 Å². The molecule has 1 aliphatic heterocycles. The van der Waals surface area contributed by atoms with Gasteiger partial charge in [-0.05, 0) is 58.7 Å². The minimum atomic E-state index is -0.0209. The van der Waals surface area contributed by atoms with Gasteiger partial charge < -0.3 is 14.7 Å². The molecular weight excluding hydrogens is 218 g/mol. The summed E-state index contributed by atoms with van der Waals surface area (Å²) in [5, 5.41) is 8.68. The summed E-state index contributed by atoms with van der Waals surface area (Å²) in [6.45, 7) is 5.74. The number of aliphatic hydroxyl groups is 1. The van der Waals surface area contributed by atoms with Crippen LogP contribution in [0.3, 0.4) is 0 Å². The highest BCUT2D eigenvalue weighted by atomic mass is 16.5. The molecule has 0 aromatic carbocycles. The summed E-state index contributed by atoms with van der Waals surface area (Å²) in [6, 6.07) is 0. The summed E-state index contributed by atoms with van der Waals surface area (Å²) in [7, 11) is 0. The van der Waals surface area contributed by atoms with Gasteiger partial charge in [-0.3, -0.25) is 4.79 Å². The summed E-state index contributed by atoms with van der Waals surface area (Å²) in [6.07, 6.45) is 5.00. The van der Waals surface area contributed by atoms with E-state index in [1.165, 1.54) is 0 Å². The Labute approximate surface area is 104 Å². The summed E-state index contributed by atoms with van der Waals surface area (Å²) in [4.78, 5) is 13.9. The lowest BCUT2D eigenvalue weighted by atomic mass is 9.97. The number of aliphatic hydroxyl groups excluding tert-OH is 1. The summed E-state index contributed by atoms with van der Waals surface area (Å²) in [5.41, 5.74) is 0. The molecule has 0 bridgehead atoms. The van der Waals surface area contributed by atoms with Crippen LogP contribution in [0.25, 0.3) is 0 Å². The maximum atomic E-state index is 11.5. The molecule has 4 heteroatoms. The SMILES string of the molecule is CCOC(=O)C1CCN(CCCCCO)CC1. The molecule has 1 heterocycles. The Hall–Kier alpha value is -0.610. The van der Waals surface area contributed by atoms with Crippen LogP contribution in [0.5, 0.6) is 0 Å².